The van der Waals surface area contributed by atoms with Gasteiger partial charge in [-0.2, -0.15) is 5.26 Å². The Morgan fingerprint density at radius 3 is 2.91 bits per heavy atom. The Kier molecular flexibility index (Phi) is 5.24. The third kappa shape index (κ3) is 3.82. The molecule has 7 nitrogen and oxygen atoms in total. The first-order valence-corrected chi connectivity index (χ1v) is 11.8. The molecule has 174 valence electrons. The first-order valence-electron chi connectivity index (χ1n) is 11.8. The molecular weight excluding hydrogens is 438 g/mol. The van der Waals surface area contributed by atoms with Crippen molar-refractivity contribution in [2.24, 2.45) is 0 Å². The van der Waals surface area contributed by atoms with Gasteiger partial charge in [-0.05, 0) is 54.8 Å². The first kappa shape index (κ1) is 21.4. The summed E-state index contributed by atoms with van der Waals surface area (Å²) in [4.78, 5) is 21.9. The number of carbonyl (C=O) groups is 1. The third-order valence-electron chi connectivity index (χ3n) is 7.10. The second kappa shape index (κ2) is 8.57. The molecule has 2 aliphatic heterocycles. The molecule has 0 radical (unpaired) electrons. The van der Waals surface area contributed by atoms with Gasteiger partial charge < -0.3 is 14.2 Å². The molecule has 1 aromatic heterocycles. The van der Waals surface area contributed by atoms with E-state index in [0.717, 1.165) is 47.1 Å². The number of carbonyl (C=O) groups excluding carboxylic acids is 1. The van der Waals surface area contributed by atoms with E-state index in [1.807, 2.05) is 73.0 Å². The summed E-state index contributed by atoms with van der Waals surface area (Å²) >= 11 is 0. The molecule has 3 heterocycles. The molecule has 0 saturated carbocycles. The van der Waals surface area contributed by atoms with Crippen LogP contribution in [0, 0.1) is 11.3 Å². The molecular formula is C28H25N5O2. The fourth-order valence-corrected chi connectivity index (χ4v) is 5.16. The molecule has 6 bridgehead atoms. The van der Waals surface area contributed by atoms with Crippen LogP contribution in [0.2, 0.25) is 0 Å². The topological polar surface area (TPSA) is 74.4 Å². The molecule has 0 N–H and O–H groups in total. The quantitative estimate of drug-likeness (QED) is 0.388. The van der Waals surface area contributed by atoms with Crippen molar-refractivity contribution >= 4 is 22.4 Å². The van der Waals surface area contributed by atoms with E-state index >= 15 is 0 Å². The Morgan fingerprint density at radius 2 is 2.03 bits per heavy atom. The molecule has 1 fully saturated rings. The van der Waals surface area contributed by atoms with Gasteiger partial charge in [-0.15, -0.1) is 0 Å². The van der Waals surface area contributed by atoms with Gasteiger partial charge in [-0.1, -0.05) is 24.3 Å². The van der Waals surface area contributed by atoms with E-state index in [4.69, 9.17) is 4.74 Å². The molecule has 0 unspecified atom stereocenters. The molecule has 1 atom stereocenters. The van der Waals surface area contributed by atoms with E-state index in [9.17, 15) is 10.1 Å². The molecule has 6 rings (SSSR count). The minimum atomic E-state index is -0.148. The zero-order valence-electron chi connectivity index (χ0n) is 19.5. The molecule has 1 amide bonds. The van der Waals surface area contributed by atoms with E-state index in [2.05, 4.69) is 20.5 Å². The van der Waals surface area contributed by atoms with Gasteiger partial charge in [0.25, 0.3) is 0 Å². The molecule has 1 saturated heterocycles. The van der Waals surface area contributed by atoms with E-state index < -0.39 is 0 Å². The van der Waals surface area contributed by atoms with Crippen LogP contribution in [0.1, 0.15) is 23.2 Å². The lowest BCUT2D eigenvalue weighted by Crippen LogP contribution is -2.40. The molecule has 3 aromatic carbocycles. The number of aromatic nitrogens is 2. The van der Waals surface area contributed by atoms with Gasteiger partial charge >= 0.3 is 0 Å². The van der Waals surface area contributed by atoms with Crippen molar-refractivity contribution in [3.63, 3.8) is 0 Å². The molecule has 0 spiro atoms. The van der Waals surface area contributed by atoms with Crippen LogP contribution in [0.15, 0.2) is 67.1 Å². The maximum atomic E-state index is 13.5. The highest BCUT2D eigenvalue weighted by Gasteiger charge is 2.35. The van der Waals surface area contributed by atoms with Crippen LogP contribution in [0.4, 0.5) is 5.69 Å². The maximum Gasteiger partial charge on any atom is 0.244 e. The van der Waals surface area contributed by atoms with Crippen molar-refractivity contribution in [3.05, 3.63) is 83.9 Å². The zero-order valence-corrected chi connectivity index (χ0v) is 19.5. The van der Waals surface area contributed by atoms with Crippen molar-refractivity contribution in [2.45, 2.75) is 25.4 Å². The van der Waals surface area contributed by atoms with Crippen LogP contribution in [0.5, 0.6) is 11.5 Å². The number of likely N-dealkylation sites (N-methyl/N-ethyl adjacent to an activating group) is 1. The lowest BCUT2D eigenvalue weighted by molar-refractivity contribution is -0.121. The normalized spacial score (nSPS) is 18.2. The number of hydrogen-bond acceptors (Lipinski definition) is 5. The number of nitrogens with zero attached hydrogens (tertiary/aromatic N) is 5. The highest BCUT2D eigenvalue weighted by molar-refractivity contribution is 6.07. The summed E-state index contributed by atoms with van der Waals surface area (Å²) in [7, 11) is 2.03. The second-order valence-corrected chi connectivity index (χ2v) is 9.24. The number of nitriles is 1. The third-order valence-corrected chi connectivity index (χ3v) is 7.10. The van der Waals surface area contributed by atoms with Crippen LogP contribution in [-0.2, 0) is 17.8 Å². The predicted molar refractivity (Wildman–Crippen MR) is 134 cm³/mol. The molecule has 35 heavy (non-hydrogen) atoms. The van der Waals surface area contributed by atoms with E-state index in [-0.39, 0.29) is 11.9 Å². The number of hydrogen-bond donors (Lipinski definition) is 0. The van der Waals surface area contributed by atoms with Gasteiger partial charge in [-0.3, -0.25) is 9.69 Å². The summed E-state index contributed by atoms with van der Waals surface area (Å²) in [5.74, 6) is 1.28. The maximum absolute atomic E-state index is 13.5. The fourth-order valence-electron chi connectivity index (χ4n) is 5.16. The monoisotopic (exact) mass is 463 g/mol. The van der Waals surface area contributed by atoms with Crippen molar-refractivity contribution < 1.29 is 9.53 Å². The highest BCUT2D eigenvalue weighted by atomic mass is 16.5. The highest BCUT2D eigenvalue weighted by Crippen LogP contribution is 2.35. The lowest BCUT2D eigenvalue weighted by atomic mass is 10.1. The van der Waals surface area contributed by atoms with Gasteiger partial charge in [0, 0.05) is 43.3 Å². The van der Waals surface area contributed by atoms with Gasteiger partial charge in [0.2, 0.25) is 5.91 Å². The summed E-state index contributed by atoms with van der Waals surface area (Å²) in [6, 6.07) is 19.7. The molecule has 0 aliphatic carbocycles. The predicted octanol–water partition coefficient (Wildman–Crippen LogP) is 4.34. The van der Waals surface area contributed by atoms with Crippen molar-refractivity contribution in [3.8, 4) is 17.6 Å². The van der Waals surface area contributed by atoms with E-state index in [1.165, 1.54) is 0 Å². The minimum Gasteiger partial charge on any atom is -0.456 e. The van der Waals surface area contributed by atoms with E-state index in [0.29, 0.717) is 30.2 Å². The Morgan fingerprint density at radius 1 is 1.11 bits per heavy atom. The van der Waals surface area contributed by atoms with Gasteiger partial charge in [-0.25, -0.2) is 4.98 Å². The number of fused-ring (bicyclic) bond motifs is 7. The smallest absolute Gasteiger partial charge is 0.244 e. The number of benzene rings is 3. The van der Waals surface area contributed by atoms with Crippen LogP contribution in [-0.4, -0.2) is 46.5 Å². The summed E-state index contributed by atoms with van der Waals surface area (Å²) in [5.41, 5.74) is 3.50. The Bertz CT molecular complexity index is 1480. The number of amides is 1. The molecule has 4 aromatic rings. The first-order chi connectivity index (χ1) is 17.1. The van der Waals surface area contributed by atoms with Crippen molar-refractivity contribution in [1.29, 1.82) is 5.26 Å². The number of rotatable bonds is 0. The van der Waals surface area contributed by atoms with Crippen LogP contribution >= 0.6 is 0 Å². The Labute approximate surface area is 203 Å². The summed E-state index contributed by atoms with van der Waals surface area (Å²) in [6.07, 6.45) is 5.29. The Hall–Kier alpha value is -4.15. The van der Waals surface area contributed by atoms with Gasteiger partial charge in [0.1, 0.15) is 17.6 Å². The number of imidazole rings is 1. The number of anilines is 1. The van der Waals surface area contributed by atoms with Crippen LogP contribution in [0.25, 0.3) is 10.8 Å². The van der Waals surface area contributed by atoms with Crippen LogP contribution in [0.3, 0.4) is 0 Å². The minimum absolute atomic E-state index is 0.127. The SMILES string of the molecule is CN1CCc2cncn2Cc2ccc(C#N)c(c2)Oc2ccc3cccc(c3c2)N2CC[C@H]1C2=O. The summed E-state index contributed by atoms with van der Waals surface area (Å²) < 4.78 is 8.37. The summed E-state index contributed by atoms with van der Waals surface area (Å²) in [5, 5.41) is 11.7. The average Bonchev–Trinajstić information content (AvgIpc) is 3.48. The zero-order chi connectivity index (χ0) is 23.9. The van der Waals surface area contributed by atoms with E-state index in [1.54, 1.807) is 6.07 Å². The van der Waals surface area contributed by atoms with Crippen molar-refractivity contribution in [1.82, 2.24) is 14.5 Å². The van der Waals surface area contributed by atoms with Gasteiger partial charge in [0.15, 0.2) is 0 Å². The lowest BCUT2D eigenvalue weighted by Gasteiger charge is -2.24. The fraction of sp³-hybridized carbons (Fsp3) is 0.250. The van der Waals surface area contributed by atoms with Crippen molar-refractivity contribution in [2.75, 3.05) is 25.0 Å². The second-order valence-electron chi connectivity index (χ2n) is 9.24. The standard InChI is InChI=1S/C28H25N5O2/c1-31-11-9-22-16-30-18-32(22)17-19-5-6-21(15-29)27(13-19)35-23-8-7-20-3-2-4-25(24(20)14-23)33-12-10-26(31)28(33)34/h2-8,13-14,16,18,26H,9-12,17H2,1H3/t26-/m0/s1. The largest absolute Gasteiger partial charge is 0.456 e. The molecule has 7 heteroatoms. The average molecular weight is 464 g/mol. The Balaban J connectivity index is 1.49. The summed E-state index contributed by atoms with van der Waals surface area (Å²) in [6.45, 7) is 2.06. The molecule has 2 aliphatic rings. The van der Waals surface area contributed by atoms with Crippen LogP contribution < -0.4 is 9.64 Å². The number of ether oxygens (including phenoxy) is 1. The van der Waals surface area contributed by atoms with Gasteiger partial charge in [0.05, 0.1) is 23.6 Å².